The monoisotopic (exact) mass is 351 g/mol. The molecule has 0 aliphatic heterocycles. The molecule has 1 N–H and O–H groups in total. The summed E-state index contributed by atoms with van der Waals surface area (Å²) in [6.07, 6.45) is 1.55. The molecule has 0 aliphatic carbocycles. The zero-order valence-electron chi connectivity index (χ0n) is 14.8. The third kappa shape index (κ3) is 4.08. The van der Waals surface area contributed by atoms with E-state index in [0.29, 0.717) is 24.5 Å². The Morgan fingerprint density at radius 3 is 2.65 bits per heavy atom. The number of hydrogen-bond acceptors (Lipinski definition) is 4. The second-order valence-corrected chi connectivity index (χ2v) is 6.18. The standard InChI is InChI=1S/C20H21N3O3/c1-14-5-7-16(8-6-14)15(2)20(25)21-11-12-23-19(24)10-9-17(22-23)18-4-3-13-26-18/h3-10,13,15H,11-12H2,1-2H3,(H,21,25)/t15-/m1/s1. The molecule has 1 aromatic carbocycles. The molecule has 26 heavy (non-hydrogen) atoms. The summed E-state index contributed by atoms with van der Waals surface area (Å²) in [6.45, 7) is 4.49. The number of benzene rings is 1. The number of nitrogens with one attached hydrogen (secondary N) is 1. The minimum absolute atomic E-state index is 0.0795. The van der Waals surface area contributed by atoms with Crippen LogP contribution in [0.4, 0.5) is 0 Å². The van der Waals surface area contributed by atoms with E-state index in [1.165, 1.54) is 10.7 Å². The third-order valence-electron chi connectivity index (χ3n) is 4.23. The van der Waals surface area contributed by atoms with Crippen LogP contribution in [0.2, 0.25) is 0 Å². The average Bonchev–Trinajstić information content (AvgIpc) is 3.18. The van der Waals surface area contributed by atoms with Crippen LogP contribution < -0.4 is 10.9 Å². The molecule has 3 rings (SSSR count). The maximum absolute atomic E-state index is 12.3. The molecule has 0 saturated carbocycles. The van der Waals surface area contributed by atoms with Gasteiger partial charge in [-0.3, -0.25) is 9.59 Å². The topological polar surface area (TPSA) is 77.1 Å². The van der Waals surface area contributed by atoms with Crippen molar-refractivity contribution in [1.82, 2.24) is 15.1 Å². The van der Waals surface area contributed by atoms with E-state index in [1.54, 1.807) is 24.5 Å². The Kier molecular flexibility index (Phi) is 5.31. The molecule has 134 valence electrons. The molecule has 0 aliphatic rings. The van der Waals surface area contributed by atoms with Crippen LogP contribution in [0.15, 0.2) is 64.0 Å². The number of carbonyl (C=O) groups is 1. The molecular weight excluding hydrogens is 330 g/mol. The molecule has 0 fully saturated rings. The molecule has 0 saturated heterocycles. The van der Waals surface area contributed by atoms with Gasteiger partial charge in [0, 0.05) is 12.6 Å². The molecule has 0 radical (unpaired) electrons. The Morgan fingerprint density at radius 1 is 1.19 bits per heavy atom. The Hall–Kier alpha value is -3.15. The van der Waals surface area contributed by atoms with E-state index in [9.17, 15) is 9.59 Å². The number of aromatic nitrogens is 2. The third-order valence-corrected chi connectivity index (χ3v) is 4.23. The highest BCUT2D eigenvalue weighted by Crippen LogP contribution is 2.16. The Labute approximate surface area is 151 Å². The van der Waals surface area contributed by atoms with Gasteiger partial charge in [-0.2, -0.15) is 5.10 Å². The number of amides is 1. The smallest absolute Gasteiger partial charge is 0.266 e. The zero-order valence-corrected chi connectivity index (χ0v) is 14.8. The van der Waals surface area contributed by atoms with Crippen LogP contribution in [0.25, 0.3) is 11.5 Å². The second kappa shape index (κ2) is 7.82. The van der Waals surface area contributed by atoms with Gasteiger partial charge in [-0.15, -0.1) is 0 Å². The fourth-order valence-corrected chi connectivity index (χ4v) is 2.61. The summed E-state index contributed by atoms with van der Waals surface area (Å²) in [4.78, 5) is 24.3. The van der Waals surface area contributed by atoms with Gasteiger partial charge in [0.15, 0.2) is 5.76 Å². The van der Waals surface area contributed by atoms with Crippen molar-refractivity contribution in [1.29, 1.82) is 0 Å². The highest BCUT2D eigenvalue weighted by atomic mass is 16.3. The Bertz CT molecular complexity index is 928. The number of carbonyl (C=O) groups excluding carboxylic acids is 1. The van der Waals surface area contributed by atoms with Gasteiger partial charge in [0.25, 0.3) is 5.56 Å². The van der Waals surface area contributed by atoms with Crippen LogP contribution in [-0.4, -0.2) is 22.2 Å². The predicted molar refractivity (Wildman–Crippen MR) is 98.8 cm³/mol. The summed E-state index contributed by atoms with van der Waals surface area (Å²) in [7, 11) is 0. The van der Waals surface area contributed by atoms with E-state index < -0.39 is 0 Å². The SMILES string of the molecule is Cc1ccc([C@@H](C)C(=O)NCCn2nc(-c3ccco3)ccc2=O)cc1. The first kappa shape index (κ1) is 17.7. The normalized spacial score (nSPS) is 11.9. The molecule has 0 spiro atoms. The van der Waals surface area contributed by atoms with Gasteiger partial charge < -0.3 is 9.73 Å². The largest absolute Gasteiger partial charge is 0.463 e. The number of furan rings is 1. The lowest BCUT2D eigenvalue weighted by Crippen LogP contribution is -2.34. The fraction of sp³-hybridized carbons (Fsp3) is 0.250. The van der Waals surface area contributed by atoms with Crippen molar-refractivity contribution in [2.75, 3.05) is 6.54 Å². The molecule has 0 unspecified atom stereocenters. The molecular formula is C20H21N3O3. The molecule has 6 heteroatoms. The van der Waals surface area contributed by atoms with Crippen molar-refractivity contribution in [2.45, 2.75) is 26.3 Å². The lowest BCUT2D eigenvalue weighted by atomic mass is 9.99. The van der Waals surface area contributed by atoms with E-state index in [2.05, 4.69) is 10.4 Å². The van der Waals surface area contributed by atoms with Gasteiger partial charge >= 0.3 is 0 Å². The average molecular weight is 351 g/mol. The van der Waals surface area contributed by atoms with Crippen LogP contribution in [0.3, 0.4) is 0 Å². The van der Waals surface area contributed by atoms with E-state index >= 15 is 0 Å². The second-order valence-electron chi connectivity index (χ2n) is 6.18. The highest BCUT2D eigenvalue weighted by molar-refractivity contribution is 5.83. The first-order valence-electron chi connectivity index (χ1n) is 8.51. The van der Waals surface area contributed by atoms with Crippen LogP contribution in [0.5, 0.6) is 0 Å². The molecule has 0 bridgehead atoms. The highest BCUT2D eigenvalue weighted by Gasteiger charge is 2.14. The minimum Gasteiger partial charge on any atom is -0.463 e. The van der Waals surface area contributed by atoms with Crippen LogP contribution in [0, 0.1) is 6.92 Å². The summed E-state index contributed by atoms with van der Waals surface area (Å²) < 4.78 is 6.63. The summed E-state index contributed by atoms with van der Waals surface area (Å²) in [6, 6.07) is 14.5. The van der Waals surface area contributed by atoms with Crippen molar-refractivity contribution in [3.8, 4) is 11.5 Å². The zero-order chi connectivity index (χ0) is 18.5. The number of nitrogens with zero attached hydrogens (tertiary/aromatic N) is 2. The lowest BCUT2D eigenvalue weighted by molar-refractivity contribution is -0.122. The summed E-state index contributed by atoms with van der Waals surface area (Å²) in [5.74, 6) is 0.259. The first-order valence-corrected chi connectivity index (χ1v) is 8.51. The van der Waals surface area contributed by atoms with Crippen LogP contribution in [0.1, 0.15) is 24.0 Å². The maximum atomic E-state index is 12.3. The molecule has 2 aromatic heterocycles. The van der Waals surface area contributed by atoms with Crippen molar-refractivity contribution in [2.24, 2.45) is 0 Å². The van der Waals surface area contributed by atoms with Crippen molar-refractivity contribution in [3.63, 3.8) is 0 Å². The number of hydrogen-bond donors (Lipinski definition) is 1. The van der Waals surface area contributed by atoms with E-state index in [1.807, 2.05) is 38.1 Å². The molecule has 2 heterocycles. The van der Waals surface area contributed by atoms with Gasteiger partial charge in [0.05, 0.1) is 18.7 Å². The minimum atomic E-state index is -0.255. The van der Waals surface area contributed by atoms with Crippen LogP contribution in [-0.2, 0) is 11.3 Å². The Balaban J connectivity index is 1.61. The van der Waals surface area contributed by atoms with Gasteiger partial charge in [-0.1, -0.05) is 29.8 Å². The molecule has 1 atom stereocenters. The van der Waals surface area contributed by atoms with Gasteiger partial charge in [0.2, 0.25) is 5.91 Å². The van der Waals surface area contributed by atoms with Crippen LogP contribution >= 0.6 is 0 Å². The van der Waals surface area contributed by atoms with Gasteiger partial charge in [0.1, 0.15) is 5.69 Å². The van der Waals surface area contributed by atoms with E-state index in [-0.39, 0.29) is 17.4 Å². The lowest BCUT2D eigenvalue weighted by Gasteiger charge is -2.13. The summed E-state index contributed by atoms with van der Waals surface area (Å²) in [5.41, 5.74) is 2.47. The number of aryl methyl sites for hydroxylation is 1. The summed E-state index contributed by atoms with van der Waals surface area (Å²) >= 11 is 0. The number of rotatable bonds is 6. The molecule has 3 aromatic rings. The van der Waals surface area contributed by atoms with E-state index in [4.69, 9.17) is 4.42 Å². The predicted octanol–water partition coefficient (Wildman–Crippen LogP) is 2.73. The van der Waals surface area contributed by atoms with Crippen molar-refractivity contribution >= 4 is 5.91 Å². The van der Waals surface area contributed by atoms with Crippen molar-refractivity contribution in [3.05, 3.63) is 76.3 Å². The first-order chi connectivity index (χ1) is 12.5. The quantitative estimate of drug-likeness (QED) is 0.741. The molecule has 6 nitrogen and oxygen atoms in total. The van der Waals surface area contributed by atoms with Gasteiger partial charge in [-0.25, -0.2) is 4.68 Å². The summed E-state index contributed by atoms with van der Waals surface area (Å²) in [5, 5.41) is 7.15. The molecule has 1 amide bonds. The van der Waals surface area contributed by atoms with E-state index in [0.717, 1.165) is 11.1 Å². The van der Waals surface area contributed by atoms with Crippen molar-refractivity contribution < 1.29 is 9.21 Å². The Morgan fingerprint density at radius 2 is 1.96 bits per heavy atom. The van der Waals surface area contributed by atoms with Gasteiger partial charge in [-0.05, 0) is 37.6 Å². The maximum Gasteiger partial charge on any atom is 0.266 e. The fourth-order valence-electron chi connectivity index (χ4n) is 2.61.